The van der Waals surface area contributed by atoms with Gasteiger partial charge in [0.2, 0.25) is 0 Å². The molecule has 20 heavy (non-hydrogen) atoms. The summed E-state index contributed by atoms with van der Waals surface area (Å²) in [6.07, 6.45) is 13.6. The van der Waals surface area contributed by atoms with Crippen LogP contribution in [0.25, 0.3) is 0 Å². The van der Waals surface area contributed by atoms with Gasteiger partial charge in [-0.2, -0.15) is 0 Å². The lowest BCUT2D eigenvalue weighted by Gasteiger charge is -2.60. The van der Waals surface area contributed by atoms with Gasteiger partial charge in [0, 0.05) is 12.6 Å². The van der Waals surface area contributed by atoms with Crippen LogP contribution < -0.4 is 5.32 Å². The summed E-state index contributed by atoms with van der Waals surface area (Å²) in [5.74, 6) is 3.25. The average molecular weight is 276 g/mol. The number of nitrogens with one attached hydrogen (secondary N) is 1. The maximum atomic E-state index is 3.76. The summed E-state index contributed by atoms with van der Waals surface area (Å²) in [5.41, 5.74) is 0.668. The summed E-state index contributed by atoms with van der Waals surface area (Å²) >= 11 is 0. The van der Waals surface area contributed by atoms with E-state index in [2.05, 4.69) is 17.3 Å². The van der Waals surface area contributed by atoms with Crippen molar-refractivity contribution in [2.24, 2.45) is 23.2 Å². The van der Waals surface area contributed by atoms with Crippen LogP contribution in [0.2, 0.25) is 0 Å². The van der Waals surface area contributed by atoms with E-state index in [9.17, 15) is 0 Å². The first kappa shape index (κ1) is 13.6. The number of piperidine rings is 1. The Labute approximate surface area is 124 Å². The van der Waals surface area contributed by atoms with Crippen molar-refractivity contribution in [3.63, 3.8) is 0 Å². The molecule has 4 saturated carbocycles. The smallest absolute Gasteiger partial charge is 0.0248 e. The van der Waals surface area contributed by atoms with Crippen molar-refractivity contribution in [1.29, 1.82) is 0 Å². The second-order valence-corrected chi connectivity index (χ2v) is 8.48. The van der Waals surface area contributed by atoms with Gasteiger partial charge in [-0.1, -0.05) is 6.42 Å². The Morgan fingerprint density at radius 3 is 2.00 bits per heavy atom. The topological polar surface area (TPSA) is 15.3 Å². The number of likely N-dealkylation sites (N-methyl/N-ethyl adjacent to an activating group) is 1. The quantitative estimate of drug-likeness (QED) is 0.848. The molecule has 1 aliphatic heterocycles. The van der Waals surface area contributed by atoms with E-state index >= 15 is 0 Å². The Hall–Kier alpha value is -0.0800. The van der Waals surface area contributed by atoms with Crippen LogP contribution in [-0.4, -0.2) is 37.6 Å². The zero-order valence-electron chi connectivity index (χ0n) is 13.2. The highest BCUT2D eigenvalue weighted by Crippen LogP contribution is 2.61. The molecule has 1 N–H and O–H groups in total. The molecule has 5 aliphatic rings. The minimum atomic E-state index is 0.668. The van der Waals surface area contributed by atoms with Crippen LogP contribution in [0.4, 0.5) is 0 Å². The third kappa shape index (κ3) is 2.33. The molecule has 0 aromatic carbocycles. The molecule has 0 radical (unpaired) electrons. The van der Waals surface area contributed by atoms with E-state index < -0.39 is 0 Å². The van der Waals surface area contributed by atoms with Crippen molar-refractivity contribution in [3.05, 3.63) is 0 Å². The average Bonchev–Trinajstić information content (AvgIpc) is 2.44. The van der Waals surface area contributed by atoms with Gasteiger partial charge < -0.3 is 10.2 Å². The van der Waals surface area contributed by atoms with Gasteiger partial charge in [-0.05, 0) is 94.7 Å². The fourth-order valence-electron chi connectivity index (χ4n) is 6.60. The molecule has 0 aromatic rings. The highest BCUT2D eigenvalue weighted by molar-refractivity contribution is 5.06. The number of hydrogen-bond donors (Lipinski definition) is 1. The predicted octanol–water partition coefficient (Wildman–Crippen LogP) is 3.28. The molecule has 2 nitrogen and oxygen atoms in total. The Balaban J connectivity index is 1.48. The highest BCUT2D eigenvalue weighted by Gasteiger charge is 2.53. The zero-order chi connectivity index (χ0) is 13.6. The molecular weight excluding hydrogens is 244 g/mol. The van der Waals surface area contributed by atoms with Crippen LogP contribution >= 0.6 is 0 Å². The first-order valence-electron chi connectivity index (χ1n) is 9.17. The van der Waals surface area contributed by atoms with E-state index in [1.807, 2.05) is 0 Å². The number of rotatable bonds is 4. The largest absolute Gasteiger partial charge is 0.315 e. The molecule has 1 unspecified atom stereocenters. The first-order valence-corrected chi connectivity index (χ1v) is 9.17. The van der Waals surface area contributed by atoms with E-state index in [1.54, 1.807) is 38.5 Å². The normalized spacial score (nSPS) is 45.8. The Morgan fingerprint density at radius 2 is 1.50 bits per heavy atom. The van der Waals surface area contributed by atoms with Crippen LogP contribution in [0, 0.1) is 23.2 Å². The standard InChI is InChI=1S/C18H32N2/c1-19-17(13-20-5-3-2-4-6-20)18-10-14-7-15(11-18)9-16(8-14)12-18/h14-17,19H,2-13H2,1H3. The van der Waals surface area contributed by atoms with Gasteiger partial charge in [0.25, 0.3) is 0 Å². The van der Waals surface area contributed by atoms with Gasteiger partial charge in [-0.3, -0.25) is 0 Å². The van der Waals surface area contributed by atoms with Crippen LogP contribution in [0.15, 0.2) is 0 Å². The fourth-order valence-corrected chi connectivity index (χ4v) is 6.60. The van der Waals surface area contributed by atoms with Crippen LogP contribution in [0.5, 0.6) is 0 Å². The van der Waals surface area contributed by atoms with Gasteiger partial charge >= 0.3 is 0 Å². The molecule has 0 amide bonds. The van der Waals surface area contributed by atoms with E-state index in [4.69, 9.17) is 0 Å². The van der Waals surface area contributed by atoms with Crippen molar-refractivity contribution in [1.82, 2.24) is 10.2 Å². The van der Waals surface area contributed by atoms with E-state index in [0.717, 1.165) is 23.8 Å². The van der Waals surface area contributed by atoms with E-state index in [-0.39, 0.29) is 0 Å². The SMILES string of the molecule is CNC(CN1CCCCC1)C12CC3CC(CC(C3)C1)C2. The predicted molar refractivity (Wildman–Crippen MR) is 83.7 cm³/mol. The first-order chi connectivity index (χ1) is 9.77. The summed E-state index contributed by atoms with van der Waals surface area (Å²) in [6.45, 7) is 4.03. The lowest BCUT2D eigenvalue weighted by molar-refractivity contribution is -0.0781. The summed E-state index contributed by atoms with van der Waals surface area (Å²) in [4.78, 5) is 2.75. The maximum Gasteiger partial charge on any atom is 0.0248 e. The second-order valence-electron chi connectivity index (χ2n) is 8.48. The van der Waals surface area contributed by atoms with E-state index in [1.165, 1.54) is 38.9 Å². The van der Waals surface area contributed by atoms with Gasteiger partial charge in [0.1, 0.15) is 0 Å². The van der Waals surface area contributed by atoms with Gasteiger partial charge in [0.15, 0.2) is 0 Å². The minimum Gasteiger partial charge on any atom is -0.315 e. The highest BCUT2D eigenvalue weighted by atomic mass is 15.2. The number of likely N-dealkylation sites (tertiary alicyclic amines) is 1. The molecule has 114 valence electrons. The van der Waals surface area contributed by atoms with Crippen LogP contribution in [-0.2, 0) is 0 Å². The molecule has 1 atom stereocenters. The summed E-state index contributed by atoms with van der Waals surface area (Å²) in [7, 11) is 2.23. The molecular formula is C18H32N2. The Bertz CT molecular complexity index is 310. The fraction of sp³-hybridized carbons (Fsp3) is 1.00. The van der Waals surface area contributed by atoms with Crippen molar-refractivity contribution in [2.45, 2.75) is 63.8 Å². The van der Waals surface area contributed by atoms with Crippen LogP contribution in [0.1, 0.15) is 57.8 Å². The number of nitrogens with zero attached hydrogens (tertiary/aromatic N) is 1. The molecule has 1 saturated heterocycles. The minimum absolute atomic E-state index is 0.668. The molecule has 4 aliphatic carbocycles. The van der Waals surface area contributed by atoms with Gasteiger partial charge in [-0.15, -0.1) is 0 Å². The molecule has 5 rings (SSSR count). The molecule has 2 heteroatoms. The second kappa shape index (κ2) is 5.28. The van der Waals surface area contributed by atoms with Crippen LogP contribution in [0.3, 0.4) is 0 Å². The van der Waals surface area contributed by atoms with Crippen molar-refractivity contribution in [3.8, 4) is 0 Å². The van der Waals surface area contributed by atoms with Crippen molar-refractivity contribution in [2.75, 3.05) is 26.7 Å². The van der Waals surface area contributed by atoms with Gasteiger partial charge in [-0.25, -0.2) is 0 Å². The van der Waals surface area contributed by atoms with Gasteiger partial charge in [0.05, 0.1) is 0 Å². The third-order valence-corrected chi connectivity index (χ3v) is 7.06. The molecule has 5 fully saturated rings. The molecule has 4 bridgehead atoms. The Morgan fingerprint density at radius 1 is 0.950 bits per heavy atom. The van der Waals surface area contributed by atoms with Crippen molar-refractivity contribution >= 4 is 0 Å². The summed E-state index contributed by atoms with van der Waals surface area (Å²) < 4.78 is 0. The maximum absolute atomic E-state index is 3.76. The van der Waals surface area contributed by atoms with Crippen molar-refractivity contribution < 1.29 is 0 Å². The molecule has 0 spiro atoms. The zero-order valence-corrected chi connectivity index (χ0v) is 13.2. The third-order valence-electron chi connectivity index (χ3n) is 7.06. The summed E-state index contributed by atoms with van der Waals surface area (Å²) in [5, 5.41) is 3.76. The Kier molecular flexibility index (Phi) is 3.58. The molecule has 0 aromatic heterocycles. The lowest BCUT2D eigenvalue weighted by atomic mass is 9.47. The molecule has 1 heterocycles. The summed E-state index contributed by atoms with van der Waals surface area (Å²) in [6, 6.07) is 0.758. The monoisotopic (exact) mass is 276 g/mol. The number of hydrogen-bond acceptors (Lipinski definition) is 2. The van der Waals surface area contributed by atoms with E-state index in [0.29, 0.717) is 5.41 Å². The lowest BCUT2D eigenvalue weighted by Crippen LogP contribution is -2.58.